The summed E-state index contributed by atoms with van der Waals surface area (Å²) in [6, 6.07) is 26.1. The quantitative estimate of drug-likeness (QED) is 0.359. The number of hydrogen-bond acceptors (Lipinski definition) is 2. The van der Waals surface area contributed by atoms with Crippen LogP contribution in [0.4, 0.5) is 5.82 Å². The molecule has 0 saturated heterocycles. The van der Waals surface area contributed by atoms with E-state index in [1.165, 1.54) is 0 Å². The van der Waals surface area contributed by atoms with Crippen LogP contribution in [0.25, 0.3) is 11.3 Å². The number of fused-ring (bicyclic) bond motifs is 1. The maximum Gasteiger partial charge on any atom is 0.138 e. The molecule has 1 aliphatic rings. The van der Waals surface area contributed by atoms with Gasteiger partial charge in [0.15, 0.2) is 0 Å². The summed E-state index contributed by atoms with van der Waals surface area (Å²) < 4.78 is 1.99. The van der Waals surface area contributed by atoms with E-state index in [2.05, 4.69) is 61.6 Å². The van der Waals surface area contributed by atoms with E-state index in [4.69, 9.17) is 28.3 Å². The SMILES string of the molecule is Cc1nn(-c2ccccc2)c2c1C(c1ccc(Cl)cc1)=C[C@@](C)(c1ccc(Cl)cc1)N2. The highest BCUT2D eigenvalue weighted by Gasteiger charge is 2.35. The summed E-state index contributed by atoms with van der Waals surface area (Å²) in [4.78, 5) is 0. The Kier molecular flexibility index (Phi) is 4.88. The number of benzene rings is 3. The second kappa shape index (κ2) is 7.60. The second-order valence-electron chi connectivity index (χ2n) is 7.96. The normalized spacial score (nSPS) is 17.6. The van der Waals surface area contributed by atoms with Gasteiger partial charge in [-0.25, -0.2) is 4.68 Å². The van der Waals surface area contributed by atoms with Crippen molar-refractivity contribution in [1.29, 1.82) is 0 Å². The second-order valence-corrected chi connectivity index (χ2v) is 8.83. The molecule has 3 aromatic carbocycles. The first-order valence-corrected chi connectivity index (χ1v) is 10.9. The van der Waals surface area contributed by atoms with Gasteiger partial charge in [0.2, 0.25) is 0 Å². The predicted molar refractivity (Wildman–Crippen MR) is 129 cm³/mol. The summed E-state index contributed by atoms with van der Waals surface area (Å²) in [5.41, 5.74) is 5.96. The number of rotatable bonds is 3. The van der Waals surface area contributed by atoms with Crippen LogP contribution in [0.1, 0.15) is 29.3 Å². The minimum absolute atomic E-state index is 0.453. The molecule has 0 amide bonds. The van der Waals surface area contributed by atoms with Crippen molar-refractivity contribution in [2.75, 3.05) is 5.32 Å². The number of nitrogens with zero attached hydrogens (tertiary/aromatic N) is 2. The molecule has 1 aromatic heterocycles. The van der Waals surface area contributed by atoms with E-state index in [0.29, 0.717) is 0 Å². The number of halogens is 2. The average molecular weight is 446 g/mol. The summed E-state index contributed by atoms with van der Waals surface area (Å²) >= 11 is 12.3. The van der Waals surface area contributed by atoms with Crippen molar-refractivity contribution in [2.24, 2.45) is 0 Å². The summed E-state index contributed by atoms with van der Waals surface area (Å²) in [5, 5.41) is 10.1. The highest BCUT2D eigenvalue weighted by atomic mass is 35.5. The zero-order chi connectivity index (χ0) is 21.6. The van der Waals surface area contributed by atoms with Crippen molar-refractivity contribution in [1.82, 2.24) is 9.78 Å². The third-order valence-electron chi connectivity index (χ3n) is 5.74. The largest absolute Gasteiger partial charge is 0.357 e. The van der Waals surface area contributed by atoms with E-state index in [9.17, 15) is 0 Å². The van der Waals surface area contributed by atoms with Gasteiger partial charge in [0, 0.05) is 15.6 Å². The lowest BCUT2D eigenvalue weighted by molar-refractivity contribution is 0.671. The van der Waals surface area contributed by atoms with Gasteiger partial charge in [-0.3, -0.25) is 0 Å². The smallest absolute Gasteiger partial charge is 0.138 e. The molecule has 3 nitrogen and oxygen atoms in total. The Morgan fingerprint density at radius 2 is 1.45 bits per heavy atom. The van der Waals surface area contributed by atoms with Crippen LogP contribution >= 0.6 is 23.2 Å². The van der Waals surface area contributed by atoms with E-state index in [1.807, 2.05) is 47.1 Å². The van der Waals surface area contributed by atoms with E-state index in [0.717, 1.165) is 49.5 Å². The molecule has 0 unspecified atom stereocenters. The summed E-state index contributed by atoms with van der Waals surface area (Å²) in [6.45, 7) is 4.22. The fourth-order valence-corrected chi connectivity index (χ4v) is 4.42. The van der Waals surface area contributed by atoms with Crippen molar-refractivity contribution in [2.45, 2.75) is 19.4 Å². The molecule has 0 fully saturated rings. The van der Waals surface area contributed by atoms with E-state index >= 15 is 0 Å². The molecule has 0 radical (unpaired) electrons. The number of nitrogens with one attached hydrogen (secondary N) is 1. The molecule has 2 heterocycles. The minimum Gasteiger partial charge on any atom is -0.357 e. The molecule has 0 aliphatic carbocycles. The Morgan fingerprint density at radius 3 is 2.10 bits per heavy atom. The van der Waals surface area contributed by atoms with Crippen molar-refractivity contribution < 1.29 is 0 Å². The predicted octanol–water partition coefficient (Wildman–Crippen LogP) is 7.26. The third kappa shape index (κ3) is 3.54. The van der Waals surface area contributed by atoms with Crippen LogP contribution in [0, 0.1) is 6.92 Å². The van der Waals surface area contributed by atoms with Crippen LogP contribution in [0.3, 0.4) is 0 Å². The highest BCUT2D eigenvalue weighted by Crippen LogP contribution is 2.44. The molecular formula is C26H21Cl2N3. The summed E-state index contributed by atoms with van der Waals surface area (Å²) in [5.74, 6) is 0.966. The van der Waals surface area contributed by atoms with Crippen LogP contribution in [0.2, 0.25) is 10.0 Å². The lowest BCUT2D eigenvalue weighted by Crippen LogP contribution is -2.34. The Hall–Kier alpha value is -3.01. The number of para-hydroxylation sites is 1. The zero-order valence-corrected chi connectivity index (χ0v) is 18.7. The van der Waals surface area contributed by atoms with Crippen molar-refractivity contribution >= 4 is 34.6 Å². The molecule has 1 N–H and O–H groups in total. The molecule has 5 rings (SSSR count). The van der Waals surface area contributed by atoms with E-state index < -0.39 is 5.54 Å². The van der Waals surface area contributed by atoms with E-state index in [-0.39, 0.29) is 0 Å². The van der Waals surface area contributed by atoms with Gasteiger partial charge in [0.05, 0.1) is 16.9 Å². The van der Waals surface area contributed by atoms with E-state index in [1.54, 1.807) is 0 Å². The number of hydrogen-bond donors (Lipinski definition) is 1. The molecule has 1 aliphatic heterocycles. The van der Waals surface area contributed by atoms with Gasteiger partial charge < -0.3 is 5.32 Å². The number of aryl methyl sites for hydroxylation is 1. The first kappa shape index (κ1) is 19.9. The fraction of sp³-hybridized carbons (Fsp3) is 0.115. The molecule has 4 aromatic rings. The van der Waals surface area contributed by atoms with Crippen LogP contribution in [-0.2, 0) is 5.54 Å². The number of aromatic nitrogens is 2. The first-order chi connectivity index (χ1) is 14.9. The summed E-state index contributed by atoms with van der Waals surface area (Å²) in [6.07, 6.45) is 2.27. The van der Waals surface area contributed by atoms with Gasteiger partial charge >= 0.3 is 0 Å². The van der Waals surface area contributed by atoms with Gasteiger partial charge in [-0.05, 0) is 73.0 Å². The summed E-state index contributed by atoms with van der Waals surface area (Å²) in [7, 11) is 0. The van der Waals surface area contributed by atoms with Crippen LogP contribution in [0.5, 0.6) is 0 Å². The monoisotopic (exact) mass is 445 g/mol. The lowest BCUT2D eigenvalue weighted by atomic mass is 9.82. The maximum atomic E-state index is 6.17. The van der Waals surface area contributed by atoms with Gasteiger partial charge in [0.1, 0.15) is 5.82 Å². The van der Waals surface area contributed by atoms with Crippen LogP contribution < -0.4 is 5.32 Å². The molecular weight excluding hydrogens is 425 g/mol. The molecule has 31 heavy (non-hydrogen) atoms. The minimum atomic E-state index is -0.453. The fourth-order valence-electron chi connectivity index (χ4n) is 4.17. The molecule has 0 saturated carbocycles. The van der Waals surface area contributed by atoms with Crippen molar-refractivity contribution in [3.05, 3.63) is 117 Å². The van der Waals surface area contributed by atoms with Crippen LogP contribution in [0.15, 0.2) is 84.9 Å². The van der Waals surface area contributed by atoms with Crippen molar-refractivity contribution in [3.63, 3.8) is 0 Å². The maximum absolute atomic E-state index is 6.17. The molecule has 0 bridgehead atoms. The molecule has 5 heteroatoms. The Morgan fingerprint density at radius 1 is 0.839 bits per heavy atom. The number of anilines is 1. The first-order valence-electron chi connectivity index (χ1n) is 10.1. The van der Waals surface area contributed by atoms with Gasteiger partial charge in [-0.1, -0.05) is 65.7 Å². The average Bonchev–Trinajstić information content (AvgIpc) is 3.10. The standard InChI is InChI=1S/C26H21Cl2N3/c1-17-24-23(18-8-12-20(27)13-9-18)16-26(2,19-10-14-21(28)15-11-19)29-25(24)31(30-17)22-6-4-3-5-7-22/h3-16,29H,1-2H3/t26-/m0/s1. The Labute approximate surface area is 191 Å². The third-order valence-corrected chi connectivity index (χ3v) is 6.24. The Balaban J connectivity index is 1.75. The van der Waals surface area contributed by atoms with Gasteiger partial charge in [-0.2, -0.15) is 5.10 Å². The molecule has 154 valence electrons. The molecule has 1 atom stereocenters. The zero-order valence-electron chi connectivity index (χ0n) is 17.2. The van der Waals surface area contributed by atoms with Gasteiger partial charge in [0.25, 0.3) is 0 Å². The van der Waals surface area contributed by atoms with Crippen molar-refractivity contribution in [3.8, 4) is 5.69 Å². The lowest BCUT2D eigenvalue weighted by Gasteiger charge is -2.35. The van der Waals surface area contributed by atoms with Gasteiger partial charge in [-0.15, -0.1) is 0 Å². The molecule has 0 spiro atoms. The van der Waals surface area contributed by atoms with Crippen LogP contribution in [-0.4, -0.2) is 9.78 Å². The highest BCUT2D eigenvalue weighted by molar-refractivity contribution is 6.30. The Bertz CT molecular complexity index is 1270. The topological polar surface area (TPSA) is 29.9 Å².